The minimum absolute atomic E-state index is 0.112. The molecule has 0 bridgehead atoms. The van der Waals surface area contributed by atoms with Gasteiger partial charge in [0.1, 0.15) is 0 Å². The number of carbonyl (C=O) groups is 2. The van der Waals surface area contributed by atoms with Crippen LogP contribution in [0.25, 0.3) is 0 Å². The first-order valence-corrected chi connectivity index (χ1v) is 5.50. The summed E-state index contributed by atoms with van der Waals surface area (Å²) in [5, 5.41) is 2.69. The molecule has 1 aliphatic carbocycles. The van der Waals surface area contributed by atoms with Gasteiger partial charge in [-0.1, -0.05) is 15.9 Å². The van der Waals surface area contributed by atoms with E-state index in [-0.39, 0.29) is 11.7 Å². The maximum atomic E-state index is 11.6. The maximum absolute atomic E-state index is 11.6. The van der Waals surface area contributed by atoms with Crippen LogP contribution in [0.5, 0.6) is 0 Å². The number of hydrogen-bond donors (Lipinski definition) is 1. The molecule has 0 aromatic heterocycles. The van der Waals surface area contributed by atoms with Crippen molar-refractivity contribution in [1.82, 2.24) is 0 Å². The van der Waals surface area contributed by atoms with Gasteiger partial charge in [0.05, 0.1) is 5.69 Å². The molecular weight excluding hydrogens is 258 g/mol. The molecule has 0 fully saturated rings. The predicted molar refractivity (Wildman–Crippen MR) is 61.1 cm³/mol. The number of halogens is 1. The summed E-state index contributed by atoms with van der Waals surface area (Å²) < 4.78 is 0.889. The van der Waals surface area contributed by atoms with Crippen LogP contribution in [0.1, 0.15) is 29.3 Å². The van der Waals surface area contributed by atoms with Gasteiger partial charge in [0.15, 0.2) is 5.78 Å². The van der Waals surface area contributed by atoms with E-state index in [4.69, 9.17) is 0 Å². The lowest BCUT2D eigenvalue weighted by atomic mass is 10.1. The van der Waals surface area contributed by atoms with Gasteiger partial charge in [-0.2, -0.15) is 0 Å². The topological polar surface area (TPSA) is 46.2 Å². The molecule has 0 saturated heterocycles. The van der Waals surface area contributed by atoms with Gasteiger partial charge in [-0.25, -0.2) is 0 Å². The number of rotatable bonds is 1. The quantitative estimate of drug-likeness (QED) is 0.850. The zero-order chi connectivity index (χ0) is 11.0. The lowest BCUT2D eigenvalue weighted by Gasteiger charge is -2.08. The molecule has 1 aliphatic rings. The van der Waals surface area contributed by atoms with Gasteiger partial charge in [0.2, 0.25) is 5.91 Å². The summed E-state index contributed by atoms with van der Waals surface area (Å²) in [5.41, 5.74) is 2.31. The molecule has 1 aromatic rings. The van der Waals surface area contributed by atoms with Gasteiger partial charge in [-0.15, -0.1) is 0 Å². The van der Waals surface area contributed by atoms with E-state index in [2.05, 4.69) is 21.2 Å². The third-order valence-corrected chi connectivity index (χ3v) is 2.85. The molecule has 2 rings (SSSR count). The van der Waals surface area contributed by atoms with E-state index in [1.165, 1.54) is 6.92 Å². The molecule has 15 heavy (non-hydrogen) atoms. The van der Waals surface area contributed by atoms with Gasteiger partial charge < -0.3 is 5.32 Å². The second-order valence-electron chi connectivity index (χ2n) is 3.59. The van der Waals surface area contributed by atoms with Crippen LogP contribution in [0.2, 0.25) is 0 Å². The summed E-state index contributed by atoms with van der Waals surface area (Å²) in [6, 6.07) is 3.70. The first kappa shape index (κ1) is 10.4. The fraction of sp³-hybridized carbons (Fsp3) is 0.273. The second-order valence-corrected chi connectivity index (χ2v) is 4.51. The Kier molecular flexibility index (Phi) is 2.61. The van der Waals surface area contributed by atoms with Crippen LogP contribution in [-0.2, 0) is 11.2 Å². The summed E-state index contributed by atoms with van der Waals surface area (Å²) in [7, 11) is 0. The average Bonchev–Trinajstić information content (AvgIpc) is 2.46. The number of carbonyl (C=O) groups excluding carboxylic acids is 2. The molecule has 0 saturated carbocycles. The summed E-state index contributed by atoms with van der Waals surface area (Å²) in [6.45, 7) is 1.44. The number of aryl methyl sites for hydroxylation is 1. The lowest BCUT2D eigenvalue weighted by Crippen LogP contribution is -2.09. The minimum Gasteiger partial charge on any atom is -0.326 e. The largest absolute Gasteiger partial charge is 0.326 e. The van der Waals surface area contributed by atoms with Crippen molar-refractivity contribution >= 4 is 33.3 Å². The van der Waals surface area contributed by atoms with Gasteiger partial charge >= 0.3 is 0 Å². The van der Waals surface area contributed by atoms with Gasteiger partial charge in [-0.3, -0.25) is 9.59 Å². The Hall–Kier alpha value is -1.16. The molecule has 0 aliphatic heterocycles. The first-order valence-electron chi connectivity index (χ1n) is 4.71. The van der Waals surface area contributed by atoms with Crippen molar-refractivity contribution in [2.45, 2.75) is 19.8 Å². The molecule has 0 atom stereocenters. The zero-order valence-electron chi connectivity index (χ0n) is 8.26. The fourth-order valence-corrected chi connectivity index (χ4v) is 2.36. The highest BCUT2D eigenvalue weighted by atomic mass is 79.9. The van der Waals surface area contributed by atoms with Crippen molar-refractivity contribution in [1.29, 1.82) is 0 Å². The van der Waals surface area contributed by atoms with Crippen LogP contribution >= 0.6 is 15.9 Å². The normalized spacial score (nSPS) is 13.9. The molecular formula is C11H10BrNO2. The van der Waals surface area contributed by atoms with Crippen molar-refractivity contribution in [3.8, 4) is 0 Å². The summed E-state index contributed by atoms with van der Waals surface area (Å²) in [4.78, 5) is 22.6. The molecule has 0 radical (unpaired) electrons. The number of fused-ring (bicyclic) bond motifs is 1. The molecule has 1 amide bonds. The molecule has 78 valence electrons. The molecule has 1 aromatic carbocycles. The van der Waals surface area contributed by atoms with E-state index in [1.54, 1.807) is 6.07 Å². The van der Waals surface area contributed by atoms with E-state index in [9.17, 15) is 9.59 Å². The average molecular weight is 268 g/mol. The first-order chi connectivity index (χ1) is 7.08. The monoisotopic (exact) mass is 267 g/mol. The van der Waals surface area contributed by atoms with Crippen LogP contribution in [0, 0.1) is 0 Å². The summed E-state index contributed by atoms with van der Waals surface area (Å²) in [5.74, 6) is -0.0451. The smallest absolute Gasteiger partial charge is 0.221 e. The van der Waals surface area contributed by atoms with Crippen LogP contribution in [0.3, 0.4) is 0 Å². The van der Waals surface area contributed by atoms with E-state index >= 15 is 0 Å². The number of Topliss-reactive ketones (excluding diaryl/α,β-unsaturated/α-hetero) is 1. The van der Waals surface area contributed by atoms with Gasteiger partial charge in [-0.05, 0) is 24.1 Å². The number of anilines is 1. The Morgan fingerprint density at radius 3 is 2.80 bits per heavy atom. The van der Waals surface area contributed by atoms with Crippen molar-refractivity contribution in [3.63, 3.8) is 0 Å². The summed E-state index contributed by atoms with van der Waals surface area (Å²) in [6.07, 6.45) is 1.30. The Bertz CT molecular complexity index is 454. The van der Waals surface area contributed by atoms with Crippen molar-refractivity contribution in [2.75, 3.05) is 5.32 Å². The fourth-order valence-electron chi connectivity index (χ4n) is 1.85. The number of hydrogen-bond acceptors (Lipinski definition) is 2. The van der Waals surface area contributed by atoms with Crippen molar-refractivity contribution in [3.05, 3.63) is 27.7 Å². The van der Waals surface area contributed by atoms with Crippen LogP contribution < -0.4 is 5.32 Å². The van der Waals surface area contributed by atoms with Crippen molar-refractivity contribution < 1.29 is 9.59 Å². The highest BCUT2D eigenvalue weighted by Gasteiger charge is 2.23. The third kappa shape index (κ3) is 1.95. The van der Waals surface area contributed by atoms with Gasteiger partial charge in [0.25, 0.3) is 0 Å². The minimum atomic E-state index is -0.157. The van der Waals surface area contributed by atoms with E-state index in [1.807, 2.05) is 6.07 Å². The molecule has 3 nitrogen and oxygen atoms in total. The Balaban J connectivity index is 2.53. The lowest BCUT2D eigenvalue weighted by molar-refractivity contribution is -0.114. The van der Waals surface area contributed by atoms with E-state index < -0.39 is 0 Å². The zero-order valence-corrected chi connectivity index (χ0v) is 9.85. The highest BCUT2D eigenvalue weighted by molar-refractivity contribution is 9.10. The van der Waals surface area contributed by atoms with Crippen LogP contribution in [0.4, 0.5) is 5.69 Å². The summed E-state index contributed by atoms with van der Waals surface area (Å²) >= 11 is 3.36. The molecule has 0 heterocycles. The predicted octanol–water partition coefficient (Wildman–Crippen LogP) is 2.54. The Morgan fingerprint density at radius 1 is 1.40 bits per heavy atom. The standard InChI is InChI=1S/C11H10BrNO2/c1-6(14)13-9-5-8(12)4-7-2-3-10(15)11(7)9/h4-5H,2-3H2,1H3,(H,13,14). The Labute approximate surface area is 96.0 Å². The third-order valence-electron chi connectivity index (χ3n) is 2.40. The number of ketones is 1. The van der Waals surface area contributed by atoms with Crippen LogP contribution in [-0.4, -0.2) is 11.7 Å². The second kappa shape index (κ2) is 3.77. The molecule has 0 unspecified atom stereocenters. The Morgan fingerprint density at radius 2 is 2.13 bits per heavy atom. The molecule has 1 N–H and O–H groups in total. The van der Waals surface area contributed by atoms with Gasteiger partial charge in [0, 0.05) is 23.4 Å². The number of nitrogens with one attached hydrogen (secondary N) is 1. The highest BCUT2D eigenvalue weighted by Crippen LogP contribution is 2.32. The number of benzene rings is 1. The molecule has 4 heteroatoms. The van der Waals surface area contributed by atoms with Crippen LogP contribution in [0.15, 0.2) is 16.6 Å². The number of amides is 1. The maximum Gasteiger partial charge on any atom is 0.221 e. The van der Waals surface area contributed by atoms with Crippen molar-refractivity contribution in [2.24, 2.45) is 0 Å². The van der Waals surface area contributed by atoms with E-state index in [0.29, 0.717) is 17.7 Å². The van der Waals surface area contributed by atoms with E-state index in [0.717, 1.165) is 16.5 Å². The SMILES string of the molecule is CC(=O)Nc1cc(Br)cc2c1C(=O)CC2. The molecule has 0 spiro atoms.